The van der Waals surface area contributed by atoms with Crippen LogP contribution in [0.5, 0.6) is 0 Å². The molecule has 0 aromatic heterocycles. The quantitative estimate of drug-likeness (QED) is 0.664. The third kappa shape index (κ3) is 2.93. The smallest absolute Gasteiger partial charge is 0.319 e. The van der Waals surface area contributed by atoms with Gasteiger partial charge in [-0.3, -0.25) is 14.5 Å². The summed E-state index contributed by atoms with van der Waals surface area (Å²) in [5, 5.41) is 11.8. The summed E-state index contributed by atoms with van der Waals surface area (Å²) >= 11 is 6.01. The first-order chi connectivity index (χ1) is 12.4. The fraction of sp³-hybridized carbons (Fsp3) is 0.158. The second-order valence-electron chi connectivity index (χ2n) is 6.04. The highest BCUT2D eigenvalue weighted by Gasteiger charge is 2.49. The molecule has 0 aliphatic carbocycles. The largest absolute Gasteiger partial charge is 0.325 e. The van der Waals surface area contributed by atoms with E-state index in [4.69, 9.17) is 16.9 Å². The normalized spacial score (nSPS) is 19.2. The summed E-state index contributed by atoms with van der Waals surface area (Å²) in [4.78, 5) is 38.5. The van der Waals surface area contributed by atoms with Gasteiger partial charge in [0.15, 0.2) is 5.78 Å². The van der Waals surface area contributed by atoms with Gasteiger partial charge in [-0.05, 0) is 36.8 Å². The molecule has 1 N–H and O–H groups in total. The van der Waals surface area contributed by atoms with Crippen LogP contribution in [0.4, 0.5) is 4.79 Å². The maximum absolute atomic E-state index is 12.8. The van der Waals surface area contributed by atoms with Crippen molar-refractivity contribution < 1.29 is 14.4 Å². The summed E-state index contributed by atoms with van der Waals surface area (Å²) in [5.41, 5.74) is -0.0737. The molecule has 0 saturated carbocycles. The van der Waals surface area contributed by atoms with Gasteiger partial charge in [-0.25, -0.2) is 4.79 Å². The van der Waals surface area contributed by atoms with E-state index in [-0.39, 0.29) is 10.6 Å². The third-order valence-corrected chi connectivity index (χ3v) is 4.67. The molecule has 2 aromatic rings. The molecule has 1 unspecified atom stereocenters. The second-order valence-corrected chi connectivity index (χ2v) is 6.45. The molecule has 1 aliphatic rings. The van der Waals surface area contributed by atoms with E-state index in [1.54, 1.807) is 55.5 Å². The molecule has 3 rings (SSSR count). The predicted molar refractivity (Wildman–Crippen MR) is 94.5 cm³/mol. The molecule has 0 spiro atoms. The van der Waals surface area contributed by atoms with Crippen LogP contribution in [0.15, 0.2) is 48.5 Å². The van der Waals surface area contributed by atoms with Crippen LogP contribution < -0.4 is 5.32 Å². The van der Waals surface area contributed by atoms with Crippen molar-refractivity contribution in [2.24, 2.45) is 0 Å². The number of carbonyl (C=O) groups excluding carboxylic acids is 3. The lowest BCUT2D eigenvalue weighted by molar-refractivity contribution is -0.130. The van der Waals surface area contributed by atoms with Gasteiger partial charge in [0.25, 0.3) is 5.91 Å². The Morgan fingerprint density at radius 2 is 1.85 bits per heavy atom. The van der Waals surface area contributed by atoms with Gasteiger partial charge in [0.05, 0.1) is 23.2 Å². The maximum Gasteiger partial charge on any atom is 0.325 e. The molecule has 7 heteroatoms. The van der Waals surface area contributed by atoms with Crippen LogP contribution in [0.2, 0.25) is 5.02 Å². The van der Waals surface area contributed by atoms with E-state index in [1.807, 2.05) is 6.07 Å². The lowest BCUT2D eigenvalue weighted by Crippen LogP contribution is -2.41. The number of halogens is 1. The van der Waals surface area contributed by atoms with Crippen molar-refractivity contribution in [1.82, 2.24) is 10.2 Å². The number of nitrogens with zero attached hydrogens (tertiary/aromatic N) is 2. The van der Waals surface area contributed by atoms with Gasteiger partial charge in [-0.2, -0.15) is 5.26 Å². The number of nitrogens with one attached hydrogen (secondary N) is 1. The van der Waals surface area contributed by atoms with E-state index < -0.39 is 29.8 Å². The highest BCUT2D eigenvalue weighted by atomic mass is 35.5. The first-order valence-electron chi connectivity index (χ1n) is 7.79. The number of hydrogen-bond donors (Lipinski definition) is 1. The van der Waals surface area contributed by atoms with Crippen molar-refractivity contribution in [3.63, 3.8) is 0 Å². The molecule has 1 heterocycles. The molecule has 1 fully saturated rings. The topological polar surface area (TPSA) is 90.3 Å². The third-order valence-electron chi connectivity index (χ3n) is 4.34. The van der Waals surface area contributed by atoms with E-state index in [0.717, 1.165) is 4.90 Å². The molecular weight excluding hydrogens is 354 g/mol. The maximum atomic E-state index is 12.8. The molecule has 0 bridgehead atoms. The Morgan fingerprint density at radius 3 is 2.46 bits per heavy atom. The van der Waals surface area contributed by atoms with Crippen molar-refractivity contribution in [2.45, 2.75) is 12.5 Å². The number of benzene rings is 2. The van der Waals surface area contributed by atoms with Crippen molar-refractivity contribution in [1.29, 1.82) is 5.26 Å². The lowest BCUT2D eigenvalue weighted by Gasteiger charge is -2.22. The number of imide groups is 1. The number of carbonyl (C=O) groups is 3. The summed E-state index contributed by atoms with van der Waals surface area (Å²) < 4.78 is 0. The van der Waals surface area contributed by atoms with Crippen LogP contribution in [0.1, 0.15) is 28.4 Å². The summed E-state index contributed by atoms with van der Waals surface area (Å²) in [6, 6.07) is 14.2. The molecule has 0 radical (unpaired) electrons. The van der Waals surface area contributed by atoms with E-state index in [2.05, 4.69) is 5.32 Å². The zero-order chi connectivity index (χ0) is 18.9. The molecule has 1 atom stereocenters. The van der Waals surface area contributed by atoms with Gasteiger partial charge in [0, 0.05) is 5.56 Å². The second kappa shape index (κ2) is 6.62. The first-order valence-corrected chi connectivity index (χ1v) is 8.17. The highest BCUT2D eigenvalue weighted by Crippen LogP contribution is 2.29. The standard InChI is InChI=1S/C19H14ClN3O3/c1-19(13-8-6-12(10-21)7-9-13)17(25)23(18(26)22-19)11-16(24)14-4-2-3-5-15(14)20/h2-9H,11H2,1H3,(H,22,26). The average Bonchev–Trinajstić information content (AvgIpc) is 2.86. The monoisotopic (exact) mass is 367 g/mol. The molecule has 2 aromatic carbocycles. The van der Waals surface area contributed by atoms with E-state index in [1.165, 1.54) is 0 Å². The van der Waals surface area contributed by atoms with E-state index >= 15 is 0 Å². The van der Waals surface area contributed by atoms with Crippen LogP contribution in [0, 0.1) is 11.3 Å². The van der Waals surface area contributed by atoms with Gasteiger partial charge < -0.3 is 5.32 Å². The Kier molecular flexibility index (Phi) is 4.49. The van der Waals surface area contributed by atoms with Crippen molar-refractivity contribution in [2.75, 3.05) is 6.54 Å². The van der Waals surface area contributed by atoms with Crippen molar-refractivity contribution >= 4 is 29.3 Å². The van der Waals surface area contributed by atoms with Crippen LogP contribution in [0.3, 0.4) is 0 Å². The van der Waals surface area contributed by atoms with Crippen LogP contribution >= 0.6 is 11.6 Å². The lowest BCUT2D eigenvalue weighted by atomic mass is 9.91. The highest BCUT2D eigenvalue weighted by molar-refractivity contribution is 6.34. The molecule has 3 amide bonds. The summed E-state index contributed by atoms with van der Waals surface area (Å²) in [5.74, 6) is -0.962. The Bertz CT molecular complexity index is 949. The minimum absolute atomic E-state index is 0.252. The van der Waals surface area contributed by atoms with E-state index in [9.17, 15) is 14.4 Å². The Balaban J connectivity index is 1.85. The number of amides is 3. The minimum Gasteiger partial charge on any atom is -0.319 e. The van der Waals surface area contributed by atoms with Crippen LogP contribution in [0.25, 0.3) is 0 Å². The number of nitriles is 1. The van der Waals surface area contributed by atoms with E-state index in [0.29, 0.717) is 11.1 Å². The van der Waals surface area contributed by atoms with Crippen molar-refractivity contribution in [3.05, 3.63) is 70.2 Å². The fourth-order valence-corrected chi connectivity index (χ4v) is 3.07. The van der Waals surface area contributed by atoms with Gasteiger partial charge >= 0.3 is 6.03 Å². The number of ketones is 1. The zero-order valence-corrected chi connectivity index (χ0v) is 14.6. The molecule has 26 heavy (non-hydrogen) atoms. The van der Waals surface area contributed by atoms with Gasteiger partial charge in [0.2, 0.25) is 0 Å². The Morgan fingerprint density at radius 1 is 1.19 bits per heavy atom. The van der Waals surface area contributed by atoms with Gasteiger partial charge in [-0.1, -0.05) is 35.9 Å². The molecule has 6 nitrogen and oxygen atoms in total. The summed E-state index contributed by atoms with van der Waals surface area (Å²) in [6.45, 7) is 1.16. The van der Waals surface area contributed by atoms with Gasteiger partial charge in [-0.15, -0.1) is 0 Å². The molecular formula is C19H14ClN3O3. The van der Waals surface area contributed by atoms with Crippen molar-refractivity contribution in [3.8, 4) is 6.07 Å². The predicted octanol–water partition coefficient (Wildman–Crippen LogP) is 2.86. The molecule has 130 valence electrons. The van der Waals surface area contributed by atoms with Crippen LogP contribution in [-0.4, -0.2) is 29.2 Å². The SMILES string of the molecule is CC1(c2ccc(C#N)cc2)NC(=O)N(CC(=O)c2ccccc2Cl)C1=O. The van der Waals surface area contributed by atoms with Gasteiger partial charge in [0.1, 0.15) is 5.54 Å². The number of Topliss-reactive ketones (excluding diaryl/α,β-unsaturated/α-hetero) is 1. The summed E-state index contributed by atoms with van der Waals surface area (Å²) in [7, 11) is 0. The Labute approximate surface area is 155 Å². The molecule has 1 aliphatic heterocycles. The average molecular weight is 368 g/mol. The molecule has 1 saturated heterocycles. The zero-order valence-electron chi connectivity index (χ0n) is 13.8. The van der Waals surface area contributed by atoms with Crippen LogP contribution in [-0.2, 0) is 10.3 Å². The number of hydrogen-bond acceptors (Lipinski definition) is 4. The Hall–Kier alpha value is -3.17. The number of rotatable bonds is 4. The number of urea groups is 1. The first kappa shape index (κ1) is 17.6. The fourth-order valence-electron chi connectivity index (χ4n) is 2.83. The minimum atomic E-state index is -1.30. The summed E-state index contributed by atoms with van der Waals surface area (Å²) in [6.07, 6.45) is 0.